The van der Waals surface area contributed by atoms with Crippen LogP contribution in [0.2, 0.25) is 5.02 Å². The molecule has 0 aromatic heterocycles. The van der Waals surface area contributed by atoms with Crippen LogP contribution in [0.5, 0.6) is 23.0 Å². The highest BCUT2D eigenvalue weighted by Gasteiger charge is 2.70. The van der Waals surface area contributed by atoms with E-state index in [2.05, 4.69) is 31.2 Å². The second kappa shape index (κ2) is 10.3. The van der Waals surface area contributed by atoms with Crippen molar-refractivity contribution in [1.29, 1.82) is 0 Å². The molecule has 1 spiro atoms. The molecule has 3 fully saturated rings. The quantitative estimate of drug-likeness (QED) is 0.159. The lowest BCUT2D eigenvalue weighted by Crippen LogP contribution is -2.69. The molecule has 10 heteroatoms. The maximum absolute atomic E-state index is 13.7. The van der Waals surface area contributed by atoms with Gasteiger partial charge in [-0.1, -0.05) is 78.4 Å². The summed E-state index contributed by atoms with van der Waals surface area (Å²) >= 11 is 6.71. The first-order valence-electron chi connectivity index (χ1n) is 16.1. The number of esters is 3. The lowest BCUT2D eigenvalue weighted by molar-refractivity contribution is -0.511. The first-order valence-corrected chi connectivity index (χ1v) is 16.4. The third-order valence-electron chi connectivity index (χ3n) is 10.7. The van der Waals surface area contributed by atoms with Gasteiger partial charge in [-0.3, -0.25) is 9.59 Å². The molecular formula is C39H29ClO9. The molecule has 3 aliphatic carbocycles. The molecule has 5 unspecified atom stereocenters. The van der Waals surface area contributed by atoms with Gasteiger partial charge in [-0.25, -0.2) is 14.6 Å². The van der Waals surface area contributed by atoms with Crippen molar-refractivity contribution in [3.8, 4) is 23.0 Å². The number of hydrogen-bond acceptors (Lipinski definition) is 9. The summed E-state index contributed by atoms with van der Waals surface area (Å²) in [4.78, 5) is 51.4. The van der Waals surface area contributed by atoms with E-state index in [1.165, 1.54) is 19.9 Å². The zero-order chi connectivity index (χ0) is 33.9. The van der Waals surface area contributed by atoms with Crippen molar-refractivity contribution in [2.45, 2.75) is 37.6 Å². The van der Waals surface area contributed by atoms with Crippen LogP contribution in [0.3, 0.4) is 0 Å². The van der Waals surface area contributed by atoms with E-state index in [1.807, 2.05) is 42.5 Å². The molecule has 3 aromatic rings. The number of hydrogen-bond donors (Lipinski definition) is 0. The lowest BCUT2D eigenvalue weighted by Gasteiger charge is -2.65. The molecule has 7 aliphatic rings. The van der Waals surface area contributed by atoms with Crippen molar-refractivity contribution in [3.63, 3.8) is 0 Å². The standard InChI is InChI=1S/C39H29ClO9/c1-20(41)44-32-18-33-28(16-29(32)39-26-14-8-6-12-24(26)37(3,48-49-39)25-13-7-9-15-27(25)39)38(23-11-5-4-10-22(23)36(43)47-38)30-17-31(40)35(45-21(2)42)19-34(30)46-33/h4-19,24-27H,1-3H3. The fraction of sp³-hybridized carbons (Fsp3) is 0.256. The number of allylic oxidation sites excluding steroid dienone is 4. The monoisotopic (exact) mass is 676 g/mol. The third kappa shape index (κ3) is 3.92. The summed E-state index contributed by atoms with van der Waals surface area (Å²) in [5.74, 6) is -1.51. The Morgan fingerprint density at radius 3 is 1.94 bits per heavy atom. The van der Waals surface area contributed by atoms with E-state index in [1.54, 1.807) is 24.3 Å². The van der Waals surface area contributed by atoms with Gasteiger partial charge in [0, 0.05) is 71.9 Å². The minimum absolute atomic E-state index is 0.0733. The smallest absolute Gasteiger partial charge is 0.340 e. The molecule has 49 heavy (non-hydrogen) atoms. The summed E-state index contributed by atoms with van der Waals surface area (Å²) in [5, 5.41) is 0.121. The zero-order valence-electron chi connectivity index (χ0n) is 26.6. The van der Waals surface area contributed by atoms with Crippen molar-refractivity contribution in [2.24, 2.45) is 23.7 Å². The SMILES string of the molecule is CC(=O)Oc1cc2c(cc1Cl)C1(OC(=O)c3ccccc31)c1cc(C34OOC(C)(C5C=CC=CC53)C3C=CC=CC34)c(OC(C)=O)cc1O2. The van der Waals surface area contributed by atoms with E-state index in [0.29, 0.717) is 27.8 Å². The first-order chi connectivity index (χ1) is 23.6. The Kier molecular flexibility index (Phi) is 6.32. The van der Waals surface area contributed by atoms with E-state index in [4.69, 9.17) is 40.3 Å². The number of rotatable bonds is 3. The highest BCUT2D eigenvalue weighted by atomic mass is 35.5. The average Bonchev–Trinajstić information content (AvgIpc) is 3.38. The van der Waals surface area contributed by atoms with Crippen LogP contribution < -0.4 is 14.2 Å². The molecule has 4 heterocycles. The summed E-state index contributed by atoms with van der Waals surface area (Å²) in [7, 11) is 0. The van der Waals surface area contributed by atoms with Crippen molar-refractivity contribution in [1.82, 2.24) is 0 Å². The van der Waals surface area contributed by atoms with E-state index >= 15 is 0 Å². The second-order valence-electron chi connectivity index (χ2n) is 13.3. The van der Waals surface area contributed by atoms with Gasteiger partial charge in [-0.05, 0) is 25.1 Å². The van der Waals surface area contributed by atoms with Crippen LogP contribution in [0.4, 0.5) is 0 Å². The lowest BCUT2D eigenvalue weighted by atomic mass is 9.49. The van der Waals surface area contributed by atoms with Gasteiger partial charge in [-0.15, -0.1) is 0 Å². The van der Waals surface area contributed by atoms with Crippen LogP contribution in [0.1, 0.15) is 53.4 Å². The first kappa shape index (κ1) is 30.1. The molecule has 1 saturated carbocycles. The molecule has 2 saturated heterocycles. The molecule has 246 valence electrons. The topological polar surface area (TPSA) is 107 Å². The molecule has 0 amide bonds. The van der Waals surface area contributed by atoms with Gasteiger partial charge in [0.1, 0.15) is 28.5 Å². The Labute approximate surface area is 286 Å². The van der Waals surface area contributed by atoms with Crippen LogP contribution in [-0.4, -0.2) is 23.5 Å². The summed E-state index contributed by atoms with van der Waals surface area (Å²) in [6.45, 7) is 4.67. The molecule has 0 N–H and O–H groups in total. The Morgan fingerprint density at radius 2 is 1.29 bits per heavy atom. The Hall–Kier alpha value is -4.96. The molecule has 2 bridgehead atoms. The average molecular weight is 677 g/mol. The van der Waals surface area contributed by atoms with E-state index in [-0.39, 0.29) is 51.7 Å². The summed E-state index contributed by atoms with van der Waals surface area (Å²) in [5.41, 5.74) is -1.03. The fourth-order valence-electron chi connectivity index (χ4n) is 8.83. The number of halogens is 1. The van der Waals surface area contributed by atoms with Gasteiger partial charge >= 0.3 is 17.9 Å². The molecule has 9 nitrogen and oxygen atoms in total. The van der Waals surface area contributed by atoms with Crippen LogP contribution in [0.25, 0.3) is 0 Å². The van der Waals surface area contributed by atoms with Crippen LogP contribution >= 0.6 is 11.6 Å². The van der Waals surface area contributed by atoms with Gasteiger partial charge < -0.3 is 18.9 Å². The maximum atomic E-state index is 13.7. The highest BCUT2D eigenvalue weighted by molar-refractivity contribution is 6.32. The fourth-order valence-corrected chi connectivity index (χ4v) is 9.03. The molecule has 4 aliphatic heterocycles. The molecule has 10 rings (SSSR count). The Balaban J connectivity index is 1.35. The second-order valence-corrected chi connectivity index (χ2v) is 13.7. The van der Waals surface area contributed by atoms with E-state index in [9.17, 15) is 14.4 Å². The molecule has 0 radical (unpaired) electrons. The summed E-state index contributed by atoms with van der Waals surface area (Å²) < 4.78 is 24.3. The Bertz CT molecular complexity index is 2110. The van der Waals surface area contributed by atoms with Gasteiger partial charge in [0.15, 0.2) is 11.4 Å². The van der Waals surface area contributed by atoms with Crippen molar-refractivity contribution < 1.29 is 43.1 Å². The Morgan fingerprint density at radius 1 is 0.714 bits per heavy atom. The van der Waals surface area contributed by atoms with Crippen molar-refractivity contribution in [2.75, 3.05) is 0 Å². The predicted octanol–water partition coefficient (Wildman–Crippen LogP) is 7.40. The largest absolute Gasteiger partial charge is 0.456 e. The minimum Gasteiger partial charge on any atom is -0.456 e. The van der Waals surface area contributed by atoms with Crippen molar-refractivity contribution >= 4 is 29.5 Å². The minimum atomic E-state index is -1.54. The van der Waals surface area contributed by atoms with E-state index < -0.39 is 34.7 Å². The van der Waals surface area contributed by atoms with Gasteiger partial charge in [0.25, 0.3) is 0 Å². The summed E-state index contributed by atoms with van der Waals surface area (Å²) in [6.07, 6.45) is 16.6. The summed E-state index contributed by atoms with van der Waals surface area (Å²) in [6, 6.07) is 13.7. The number of benzene rings is 3. The zero-order valence-corrected chi connectivity index (χ0v) is 27.4. The van der Waals surface area contributed by atoms with E-state index in [0.717, 1.165) is 0 Å². The van der Waals surface area contributed by atoms with Gasteiger partial charge in [0.05, 0.1) is 10.6 Å². The molecule has 5 atom stereocenters. The van der Waals surface area contributed by atoms with Crippen LogP contribution in [0, 0.1) is 23.7 Å². The number of carbonyl (C=O) groups is 3. The number of carbonyl (C=O) groups excluding carboxylic acids is 3. The third-order valence-corrected chi connectivity index (χ3v) is 11.0. The van der Waals surface area contributed by atoms with Crippen LogP contribution in [-0.2, 0) is 35.3 Å². The van der Waals surface area contributed by atoms with Gasteiger partial charge in [0.2, 0.25) is 0 Å². The molecular weight excluding hydrogens is 648 g/mol. The van der Waals surface area contributed by atoms with Crippen molar-refractivity contribution in [3.05, 3.63) is 130 Å². The number of fused-ring (bicyclic) bond motifs is 7. The van der Waals surface area contributed by atoms with Gasteiger partial charge in [-0.2, -0.15) is 0 Å². The number of ether oxygens (including phenoxy) is 4. The predicted molar refractivity (Wildman–Crippen MR) is 175 cm³/mol. The normalized spacial score (nSPS) is 32.0. The maximum Gasteiger partial charge on any atom is 0.340 e. The van der Waals surface area contributed by atoms with Crippen LogP contribution in [0.15, 0.2) is 97.1 Å². The molecule has 3 aromatic carbocycles. The highest BCUT2D eigenvalue weighted by Crippen LogP contribution is 2.67.